The van der Waals surface area contributed by atoms with Crippen molar-refractivity contribution < 1.29 is 13.2 Å². The molecule has 1 heterocycles. The molecule has 0 radical (unpaired) electrons. The summed E-state index contributed by atoms with van der Waals surface area (Å²) >= 11 is 0. The first kappa shape index (κ1) is 16.3. The Morgan fingerprint density at radius 2 is 1.62 bits per heavy atom. The van der Waals surface area contributed by atoms with E-state index in [0.29, 0.717) is 30.7 Å². The van der Waals surface area contributed by atoms with Gasteiger partial charge in [-0.25, -0.2) is 8.42 Å². The molecule has 0 N–H and O–H groups in total. The van der Waals surface area contributed by atoms with Gasteiger partial charge >= 0.3 is 0 Å². The molecular weight excluding hydrogens is 286 g/mol. The summed E-state index contributed by atoms with van der Waals surface area (Å²) in [7, 11) is -1.98. The molecule has 4 nitrogen and oxygen atoms in total. The van der Waals surface area contributed by atoms with Crippen LogP contribution in [0.1, 0.15) is 31.4 Å². The zero-order valence-electron chi connectivity index (χ0n) is 13.5. The number of benzene rings is 1. The number of rotatable bonds is 3. The van der Waals surface area contributed by atoms with Crippen molar-refractivity contribution in [1.29, 1.82) is 0 Å². The largest absolute Gasteiger partial charge is 0.495 e. The second-order valence-corrected chi connectivity index (χ2v) is 8.26. The van der Waals surface area contributed by atoms with Crippen LogP contribution in [0.25, 0.3) is 0 Å². The lowest BCUT2D eigenvalue weighted by molar-refractivity contribution is 0.222. The maximum Gasteiger partial charge on any atom is 0.246 e. The Morgan fingerprint density at radius 3 is 2.14 bits per heavy atom. The minimum Gasteiger partial charge on any atom is -0.495 e. The fourth-order valence-corrected chi connectivity index (χ4v) is 4.97. The minimum atomic E-state index is -3.50. The van der Waals surface area contributed by atoms with E-state index in [9.17, 15) is 8.42 Å². The molecule has 0 saturated carbocycles. The summed E-state index contributed by atoms with van der Waals surface area (Å²) < 4.78 is 32.9. The average molecular weight is 311 g/mol. The van der Waals surface area contributed by atoms with Crippen molar-refractivity contribution >= 4 is 10.0 Å². The molecular formula is C16H25NO3S. The lowest BCUT2D eigenvalue weighted by Gasteiger charge is -2.34. The first-order valence-electron chi connectivity index (χ1n) is 7.41. The number of ether oxygens (including phenoxy) is 1. The maximum atomic E-state index is 13.0. The van der Waals surface area contributed by atoms with E-state index in [2.05, 4.69) is 13.8 Å². The summed E-state index contributed by atoms with van der Waals surface area (Å²) in [6, 6.07) is 3.53. The molecule has 1 saturated heterocycles. The molecule has 0 unspecified atom stereocenters. The van der Waals surface area contributed by atoms with Gasteiger partial charge in [-0.05, 0) is 55.4 Å². The van der Waals surface area contributed by atoms with Gasteiger partial charge in [0.1, 0.15) is 10.6 Å². The van der Waals surface area contributed by atoms with Gasteiger partial charge in [-0.2, -0.15) is 4.31 Å². The van der Waals surface area contributed by atoms with Crippen molar-refractivity contribution in [3.8, 4) is 5.75 Å². The Hall–Kier alpha value is -1.07. The first-order valence-corrected chi connectivity index (χ1v) is 8.85. The van der Waals surface area contributed by atoms with Crippen LogP contribution in [0.3, 0.4) is 0 Å². The highest BCUT2D eigenvalue weighted by atomic mass is 32.2. The average Bonchev–Trinajstić information content (AvgIpc) is 2.40. The normalized spacial score (nSPS) is 24.0. The van der Waals surface area contributed by atoms with Crippen LogP contribution in [0.15, 0.2) is 17.0 Å². The van der Waals surface area contributed by atoms with Crippen molar-refractivity contribution in [3.63, 3.8) is 0 Å². The molecule has 118 valence electrons. The standard InChI is InChI=1S/C16H25NO3S/c1-11-6-12(2)10-17(9-11)21(18,19)16-8-14(4)13(3)7-15(16)20-5/h7-8,11-12H,6,9-10H2,1-5H3/t11-,12-/m1/s1. The lowest BCUT2D eigenvalue weighted by Crippen LogP contribution is -2.42. The third-order valence-electron chi connectivity index (χ3n) is 4.23. The lowest BCUT2D eigenvalue weighted by atomic mass is 9.94. The SMILES string of the molecule is COc1cc(C)c(C)cc1S(=O)(=O)N1C[C@H](C)C[C@@H](C)C1. The van der Waals surface area contributed by atoms with Gasteiger partial charge in [0.25, 0.3) is 0 Å². The van der Waals surface area contributed by atoms with Crippen LogP contribution >= 0.6 is 0 Å². The van der Waals surface area contributed by atoms with Crippen molar-refractivity contribution in [2.45, 2.75) is 39.0 Å². The molecule has 2 atom stereocenters. The van der Waals surface area contributed by atoms with E-state index in [1.807, 2.05) is 13.8 Å². The molecule has 0 aromatic heterocycles. The van der Waals surface area contributed by atoms with Gasteiger partial charge in [0.15, 0.2) is 0 Å². The molecule has 1 aromatic rings. The highest BCUT2D eigenvalue weighted by Crippen LogP contribution is 2.32. The maximum absolute atomic E-state index is 13.0. The molecule has 1 aliphatic rings. The van der Waals surface area contributed by atoms with E-state index in [0.717, 1.165) is 17.5 Å². The highest BCUT2D eigenvalue weighted by molar-refractivity contribution is 7.89. The van der Waals surface area contributed by atoms with Crippen LogP contribution in [-0.4, -0.2) is 32.9 Å². The van der Waals surface area contributed by atoms with Gasteiger partial charge in [0.05, 0.1) is 7.11 Å². The Labute approximate surface area is 128 Å². The zero-order chi connectivity index (χ0) is 15.8. The number of aryl methyl sites for hydroxylation is 2. The summed E-state index contributed by atoms with van der Waals surface area (Å²) in [4.78, 5) is 0.286. The van der Waals surface area contributed by atoms with Crippen molar-refractivity contribution in [1.82, 2.24) is 4.31 Å². The van der Waals surface area contributed by atoms with E-state index in [1.165, 1.54) is 7.11 Å². The highest BCUT2D eigenvalue weighted by Gasteiger charge is 2.33. The Kier molecular flexibility index (Phi) is 4.63. The summed E-state index contributed by atoms with van der Waals surface area (Å²) in [5, 5.41) is 0. The van der Waals surface area contributed by atoms with Gasteiger partial charge in [-0.1, -0.05) is 13.8 Å². The number of sulfonamides is 1. The first-order chi connectivity index (χ1) is 9.75. The van der Waals surface area contributed by atoms with Crippen molar-refractivity contribution in [2.24, 2.45) is 11.8 Å². The molecule has 21 heavy (non-hydrogen) atoms. The number of hydrogen-bond donors (Lipinski definition) is 0. The molecule has 0 bridgehead atoms. The van der Waals surface area contributed by atoms with Crippen molar-refractivity contribution in [3.05, 3.63) is 23.3 Å². The molecule has 0 spiro atoms. The van der Waals surface area contributed by atoms with Crippen LogP contribution in [0.4, 0.5) is 0 Å². The van der Waals surface area contributed by atoms with Gasteiger partial charge in [0.2, 0.25) is 10.0 Å². The molecule has 5 heteroatoms. The van der Waals surface area contributed by atoms with Crippen molar-refractivity contribution in [2.75, 3.05) is 20.2 Å². The topological polar surface area (TPSA) is 46.6 Å². The Balaban J connectivity index is 2.46. The predicted octanol–water partition coefficient (Wildman–Crippen LogP) is 2.98. The summed E-state index contributed by atoms with van der Waals surface area (Å²) in [6.45, 7) is 9.27. The quantitative estimate of drug-likeness (QED) is 0.862. The van der Waals surface area contributed by atoms with E-state index < -0.39 is 10.0 Å². The second-order valence-electron chi connectivity index (χ2n) is 6.36. The van der Waals surface area contributed by atoms with Gasteiger partial charge in [0, 0.05) is 13.1 Å². The Morgan fingerprint density at radius 1 is 1.10 bits per heavy atom. The van der Waals surface area contributed by atoms with Gasteiger partial charge < -0.3 is 4.74 Å². The third-order valence-corrected chi connectivity index (χ3v) is 6.09. The fraction of sp³-hybridized carbons (Fsp3) is 0.625. The number of methoxy groups -OCH3 is 1. The summed E-state index contributed by atoms with van der Waals surface area (Å²) in [5.74, 6) is 1.21. The molecule has 0 aliphatic carbocycles. The second kappa shape index (κ2) is 5.97. The van der Waals surface area contributed by atoms with Crippen LogP contribution in [0.5, 0.6) is 5.75 Å². The number of nitrogens with zero attached hydrogens (tertiary/aromatic N) is 1. The number of hydrogen-bond acceptors (Lipinski definition) is 3. The molecule has 2 rings (SSSR count). The third kappa shape index (κ3) is 3.24. The number of piperidine rings is 1. The monoisotopic (exact) mass is 311 g/mol. The predicted molar refractivity (Wildman–Crippen MR) is 84.2 cm³/mol. The van der Waals surface area contributed by atoms with E-state index in [1.54, 1.807) is 16.4 Å². The minimum absolute atomic E-state index is 0.286. The molecule has 1 aliphatic heterocycles. The van der Waals surface area contributed by atoms with E-state index >= 15 is 0 Å². The molecule has 1 fully saturated rings. The van der Waals surface area contributed by atoms with E-state index in [4.69, 9.17) is 4.74 Å². The summed E-state index contributed by atoms with van der Waals surface area (Å²) in [6.07, 6.45) is 1.08. The summed E-state index contributed by atoms with van der Waals surface area (Å²) in [5.41, 5.74) is 2.00. The van der Waals surface area contributed by atoms with Gasteiger partial charge in [-0.15, -0.1) is 0 Å². The van der Waals surface area contributed by atoms with Crippen LogP contribution in [0.2, 0.25) is 0 Å². The fourth-order valence-electron chi connectivity index (χ4n) is 3.07. The van der Waals surface area contributed by atoms with Crippen LogP contribution in [0, 0.1) is 25.7 Å². The van der Waals surface area contributed by atoms with Crippen LogP contribution in [-0.2, 0) is 10.0 Å². The van der Waals surface area contributed by atoms with Gasteiger partial charge in [-0.3, -0.25) is 0 Å². The molecule has 1 aromatic carbocycles. The van der Waals surface area contributed by atoms with Crippen LogP contribution < -0.4 is 4.74 Å². The Bertz CT molecular complexity index is 615. The zero-order valence-corrected chi connectivity index (χ0v) is 14.3. The van der Waals surface area contributed by atoms with E-state index in [-0.39, 0.29) is 4.90 Å². The smallest absolute Gasteiger partial charge is 0.246 e. The molecule has 0 amide bonds.